The first-order valence-corrected chi connectivity index (χ1v) is 7.93. The first-order valence-electron chi connectivity index (χ1n) is 7.55. The molecule has 0 radical (unpaired) electrons. The zero-order valence-electron chi connectivity index (χ0n) is 12.9. The Balaban J connectivity index is 1.56. The highest BCUT2D eigenvalue weighted by Gasteiger charge is 2.17. The number of hydrogen-bond donors (Lipinski definition) is 1. The fourth-order valence-electron chi connectivity index (χ4n) is 2.56. The molecule has 9 heteroatoms. The first-order chi connectivity index (χ1) is 12.1. The molecule has 0 saturated carbocycles. The molecule has 0 saturated heterocycles. The molecule has 0 fully saturated rings. The summed E-state index contributed by atoms with van der Waals surface area (Å²) in [6.45, 7) is 0.649. The molecule has 8 nitrogen and oxygen atoms in total. The summed E-state index contributed by atoms with van der Waals surface area (Å²) in [6, 6.07) is 8.36. The van der Waals surface area contributed by atoms with Crippen molar-refractivity contribution >= 4 is 28.8 Å². The smallest absolute Gasteiger partial charge is 0.350 e. The van der Waals surface area contributed by atoms with Crippen LogP contribution in [0.1, 0.15) is 0 Å². The minimum atomic E-state index is -0.427. The maximum absolute atomic E-state index is 12.3. The van der Waals surface area contributed by atoms with E-state index in [0.717, 1.165) is 4.68 Å². The number of carbonyl (C=O) groups excluding carboxylic acids is 1. The maximum atomic E-state index is 12.3. The first kappa shape index (κ1) is 15.5. The van der Waals surface area contributed by atoms with E-state index in [-0.39, 0.29) is 12.2 Å². The largest absolute Gasteiger partial charge is 0.486 e. The number of rotatable bonds is 3. The van der Waals surface area contributed by atoms with Gasteiger partial charge in [0, 0.05) is 18.3 Å². The van der Waals surface area contributed by atoms with Crippen LogP contribution in [0, 0.1) is 0 Å². The number of carbonyl (C=O) groups is 1. The highest BCUT2D eigenvalue weighted by atomic mass is 35.5. The third kappa shape index (κ3) is 2.91. The fourth-order valence-corrected chi connectivity index (χ4v) is 2.76. The van der Waals surface area contributed by atoms with E-state index in [9.17, 15) is 9.59 Å². The zero-order chi connectivity index (χ0) is 17.4. The molecule has 0 atom stereocenters. The van der Waals surface area contributed by atoms with Crippen molar-refractivity contribution in [3.63, 3.8) is 0 Å². The van der Waals surface area contributed by atoms with Crippen molar-refractivity contribution in [3.05, 3.63) is 52.0 Å². The standard InChI is InChI=1S/C16H13ClN4O4/c17-10-7-12-13(25-6-5-24-12)8-11(10)18-15(22)9-21-16(23)20-4-2-1-3-14(20)19-21/h1-4,7-8H,5-6,9H2,(H,18,22). The minimum absolute atomic E-state index is 0.231. The molecule has 1 aliphatic heterocycles. The Morgan fingerprint density at radius 1 is 1.24 bits per heavy atom. The highest BCUT2D eigenvalue weighted by molar-refractivity contribution is 6.34. The molecule has 2 aromatic heterocycles. The number of anilines is 1. The molecule has 0 unspecified atom stereocenters. The van der Waals surface area contributed by atoms with Crippen LogP contribution in [-0.4, -0.2) is 33.3 Å². The van der Waals surface area contributed by atoms with Crippen LogP contribution in [0.2, 0.25) is 5.02 Å². The molecule has 1 amide bonds. The number of benzene rings is 1. The summed E-state index contributed by atoms with van der Waals surface area (Å²) < 4.78 is 13.4. The van der Waals surface area contributed by atoms with E-state index in [1.807, 2.05) is 0 Å². The van der Waals surface area contributed by atoms with E-state index in [1.54, 1.807) is 36.5 Å². The van der Waals surface area contributed by atoms with Gasteiger partial charge >= 0.3 is 5.69 Å². The number of halogens is 1. The molecule has 1 aromatic carbocycles. The number of nitrogens with zero attached hydrogens (tertiary/aromatic N) is 3. The lowest BCUT2D eigenvalue weighted by Gasteiger charge is -2.20. The number of ether oxygens (including phenoxy) is 2. The number of amides is 1. The number of pyridine rings is 1. The van der Waals surface area contributed by atoms with Crippen LogP contribution in [-0.2, 0) is 11.3 Å². The quantitative estimate of drug-likeness (QED) is 0.766. The van der Waals surface area contributed by atoms with Crippen LogP contribution in [0.4, 0.5) is 5.69 Å². The Hall–Kier alpha value is -3.00. The lowest BCUT2D eigenvalue weighted by atomic mass is 10.2. The van der Waals surface area contributed by atoms with Gasteiger partial charge in [0.05, 0.1) is 10.7 Å². The second-order valence-electron chi connectivity index (χ2n) is 5.39. The third-order valence-corrected chi connectivity index (χ3v) is 4.00. The zero-order valence-corrected chi connectivity index (χ0v) is 13.7. The van der Waals surface area contributed by atoms with Crippen LogP contribution in [0.3, 0.4) is 0 Å². The van der Waals surface area contributed by atoms with Gasteiger partial charge < -0.3 is 14.8 Å². The van der Waals surface area contributed by atoms with E-state index in [4.69, 9.17) is 21.1 Å². The van der Waals surface area contributed by atoms with E-state index in [1.165, 1.54) is 4.40 Å². The summed E-state index contributed by atoms with van der Waals surface area (Å²) >= 11 is 6.17. The Labute approximate surface area is 146 Å². The maximum Gasteiger partial charge on any atom is 0.350 e. The van der Waals surface area contributed by atoms with Crippen LogP contribution >= 0.6 is 11.6 Å². The lowest BCUT2D eigenvalue weighted by molar-refractivity contribution is -0.117. The Morgan fingerprint density at radius 2 is 2.00 bits per heavy atom. The second-order valence-corrected chi connectivity index (χ2v) is 5.80. The van der Waals surface area contributed by atoms with Crippen LogP contribution in [0.15, 0.2) is 41.3 Å². The molecular weight excluding hydrogens is 348 g/mol. The van der Waals surface area contributed by atoms with Gasteiger partial charge in [-0.3, -0.25) is 9.20 Å². The van der Waals surface area contributed by atoms with Gasteiger partial charge in [-0.15, -0.1) is 5.10 Å². The van der Waals surface area contributed by atoms with Crippen LogP contribution < -0.4 is 20.5 Å². The highest BCUT2D eigenvalue weighted by Crippen LogP contribution is 2.37. The van der Waals surface area contributed by atoms with Crippen LogP contribution in [0.5, 0.6) is 11.5 Å². The molecule has 0 aliphatic carbocycles. The Bertz CT molecular complexity index is 1030. The molecule has 3 aromatic rings. The van der Waals surface area contributed by atoms with E-state index in [0.29, 0.717) is 41.1 Å². The molecule has 1 N–H and O–H groups in total. The van der Waals surface area contributed by atoms with E-state index < -0.39 is 5.91 Å². The summed E-state index contributed by atoms with van der Waals surface area (Å²) in [7, 11) is 0. The molecule has 0 spiro atoms. The molecule has 4 rings (SSSR count). The van der Waals surface area contributed by atoms with Crippen molar-refractivity contribution in [2.75, 3.05) is 18.5 Å². The van der Waals surface area contributed by atoms with Crippen molar-refractivity contribution in [3.8, 4) is 11.5 Å². The molecule has 1 aliphatic rings. The summed E-state index contributed by atoms with van der Waals surface area (Å²) in [5.41, 5.74) is 0.462. The molecule has 128 valence electrons. The second kappa shape index (κ2) is 6.14. The number of fused-ring (bicyclic) bond motifs is 2. The monoisotopic (exact) mass is 360 g/mol. The number of nitrogens with one attached hydrogen (secondary N) is 1. The van der Waals surface area contributed by atoms with Crippen molar-refractivity contribution in [1.29, 1.82) is 0 Å². The lowest BCUT2D eigenvalue weighted by Crippen LogP contribution is -2.28. The predicted molar refractivity (Wildman–Crippen MR) is 90.5 cm³/mol. The van der Waals surface area contributed by atoms with Gasteiger partial charge in [0.15, 0.2) is 17.1 Å². The molecular formula is C16H13ClN4O4. The van der Waals surface area contributed by atoms with Crippen molar-refractivity contribution < 1.29 is 14.3 Å². The Kier molecular flexibility index (Phi) is 3.81. The number of hydrogen-bond acceptors (Lipinski definition) is 5. The van der Waals surface area contributed by atoms with Gasteiger partial charge in [-0.05, 0) is 12.1 Å². The third-order valence-electron chi connectivity index (χ3n) is 3.69. The minimum Gasteiger partial charge on any atom is -0.486 e. The summed E-state index contributed by atoms with van der Waals surface area (Å²) in [4.78, 5) is 24.5. The van der Waals surface area contributed by atoms with E-state index >= 15 is 0 Å². The van der Waals surface area contributed by atoms with Gasteiger partial charge in [-0.2, -0.15) is 0 Å². The van der Waals surface area contributed by atoms with Gasteiger partial charge in [-0.25, -0.2) is 9.48 Å². The fraction of sp³-hybridized carbons (Fsp3) is 0.188. The van der Waals surface area contributed by atoms with Gasteiger partial charge in [0.1, 0.15) is 19.8 Å². The average Bonchev–Trinajstić information content (AvgIpc) is 2.92. The molecule has 0 bridgehead atoms. The van der Waals surface area contributed by atoms with Crippen molar-refractivity contribution in [2.24, 2.45) is 0 Å². The van der Waals surface area contributed by atoms with Crippen LogP contribution in [0.25, 0.3) is 5.65 Å². The summed E-state index contributed by atoms with van der Waals surface area (Å²) in [5.74, 6) is 0.616. The average molecular weight is 361 g/mol. The summed E-state index contributed by atoms with van der Waals surface area (Å²) in [5, 5.41) is 7.10. The van der Waals surface area contributed by atoms with E-state index in [2.05, 4.69) is 10.4 Å². The predicted octanol–water partition coefficient (Wildman–Crippen LogP) is 1.56. The normalized spacial score (nSPS) is 13.0. The summed E-state index contributed by atoms with van der Waals surface area (Å²) in [6.07, 6.45) is 1.59. The van der Waals surface area contributed by atoms with Gasteiger partial charge in [0.25, 0.3) is 0 Å². The van der Waals surface area contributed by atoms with Gasteiger partial charge in [-0.1, -0.05) is 17.7 Å². The number of aromatic nitrogens is 3. The molecule has 25 heavy (non-hydrogen) atoms. The van der Waals surface area contributed by atoms with Crippen molar-refractivity contribution in [1.82, 2.24) is 14.2 Å². The SMILES string of the molecule is O=C(Cn1nc2ccccn2c1=O)Nc1cc2c(cc1Cl)OCCO2. The molecule has 3 heterocycles. The van der Waals surface area contributed by atoms with Crippen molar-refractivity contribution in [2.45, 2.75) is 6.54 Å². The Morgan fingerprint density at radius 3 is 2.76 bits per heavy atom. The topological polar surface area (TPSA) is 86.9 Å². The van der Waals surface area contributed by atoms with Gasteiger partial charge in [0.2, 0.25) is 5.91 Å².